The van der Waals surface area contributed by atoms with Gasteiger partial charge in [0, 0.05) is 13.1 Å². The molecule has 0 spiro atoms. The van der Waals surface area contributed by atoms with Crippen molar-refractivity contribution in [2.24, 2.45) is 5.41 Å². The van der Waals surface area contributed by atoms with E-state index >= 15 is 0 Å². The van der Waals surface area contributed by atoms with Crippen molar-refractivity contribution in [1.29, 1.82) is 0 Å². The highest BCUT2D eigenvalue weighted by Gasteiger charge is 2.46. The monoisotopic (exact) mass is 463 g/mol. The zero-order chi connectivity index (χ0) is 25.0. The average molecular weight is 464 g/mol. The van der Waals surface area contributed by atoms with Crippen molar-refractivity contribution in [3.63, 3.8) is 0 Å². The molecule has 0 fully saturated rings. The first-order valence-electron chi connectivity index (χ1n) is 11.8. The summed E-state index contributed by atoms with van der Waals surface area (Å²) in [6.45, 7) is 13.4. The molecule has 34 heavy (non-hydrogen) atoms. The number of aryl methyl sites for hydroxylation is 2. The number of hydrogen-bond acceptors (Lipinski definition) is 5. The van der Waals surface area contributed by atoms with Crippen molar-refractivity contribution < 1.29 is 19.1 Å². The van der Waals surface area contributed by atoms with E-state index in [1.165, 1.54) is 22.3 Å². The van der Waals surface area contributed by atoms with Crippen LogP contribution < -0.4 is 5.32 Å². The third-order valence-electron chi connectivity index (χ3n) is 5.52. The Hall–Kier alpha value is -3.18. The fourth-order valence-corrected chi connectivity index (χ4v) is 3.95. The number of allylic oxidation sites excluding steroid dienone is 2. The fraction of sp³-hybridized carbons (Fsp3) is 0.379. The van der Waals surface area contributed by atoms with Gasteiger partial charge in [-0.15, -0.1) is 6.58 Å². The van der Waals surface area contributed by atoms with Gasteiger partial charge < -0.3 is 14.8 Å². The molecule has 0 heterocycles. The van der Waals surface area contributed by atoms with Gasteiger partial charge in [-0.3, -0.25) is 9.59 Å². The summed E-state index contributed by atoms with van der Waals surface area (Å²) in [6, 6.07) is 14.8. The minimum atomic E-state index is -1.41. The van der Waals surface area contributed by atoms with Crippen LogP contribution in [0.4, 0.5) is 0 Å². The number of nitrogens with one attached hydrogen (secondary N) is 1. The standard InChI is InChI=1S/C29H37NO4/c1-6-15-29(27(31)33-7-2,28(32)34-8-3)16-9-10-24-11-13-25(14-12-24)20-30-21-26-18-22(4)17-23(5)19-26/h6,9-14,17-19,30H,1,7-8,15-16,20-21H2,2-5H3/b10-9+. The highest BCUT2D eigenvalue weighted by molar-refractivity contribution is 6.00. The van der Waals surface area contributed by atoms with Crippen LogP contribution in [0.5, 0.6) is 0 Å². The number of esters is 2. The Morgan fingerprint density at radius 2 is 1.44 bits per heavy atom. The minimum absolute atomic E-state index is 0.153. The van der Waals surface area contributed by atoms with E-state index < -0.39 is 17.4 Å². The molecular weight excluding hydrogens is 426 g/mol. The third kappa shape index (κ3) is 7.70. The van der Waals surface area contributed by atoms with Gasteiger partial charge in [0.15, 0.2) is 5.41 Å². The molecule has 2 rings (SSSR count). The molecule has 0 unspecified atom stereocenters. The summed E-state index contributed by atoms with van der Waals surface area (Å²) in [6.07, 6.45) is 5.62. The predicted molar refractivity (Wildman–Crippen MR) is 137 cm³/mol. The van der Waals surface area contributed by atoms with Crippen molar-refractivity contribution in [2.75, 3.05) is 13.2 Å². The molecule has 0 aromatic heterocycles. The second kappa shape index (κ2) is 13.5. The third-order valence-corrected chi connectivity index (χ3v) is 5.52. The fourth-order valence-electron chi connectivity index (χ4n) is 3.95. The molecule has 0 amide bonds. The lowest BCUT2D eigenvalue weighted by atomic mass is 9.80. The van der Waals surface area contributed by atoms with Crippen molar-refractivity contribution >= 4 is 18.0 Å². The average Bonchev–Trinajstić information content (AvgIpc) is 2.79. The summed E-state index contributed by atoms with van der Waals surface area (Å²) in [4.78, 5) is 25.4. The Morgan fingerprint density at radius 1 is 0.882 bits per heavy atom. The lowest BCUT2D eigenvalue weighted by Crippen LogP contribution is -2.41. The molecule has 182 valence electrons. The quantitative estimate of drug-likeness (QED) is 0.235. The molecule has 0 atom stereocenters. The number of benzene rings is 2. The van der Waals surface area contributed by atoms with E-state index in [1.807, 2.05) is 24.3 Å². The maximum absolute atomic E-state index is 12.7. The van der Waals surface area contributed by atoms with Gasteiger partial charge >= 0.3 is 11.9 Å². The lowest BCUT2D eigenvalue weighted by molar-refractivity contribution is -0.171. The van der Waals surface area contributed by atoms with Crippen molar-refractivity contribution in [3.8, 4) is 0 Å². The highest BCUT2D eigenvalue weighted by Crippen LogP contribution is 2.32. The first-order chi connectivity index (χ1) is 16.3. The molecule has 5 heteroatoms. The molecule has 0 bridgehead atoms. The van der Waals surface area contributed by atoms with Gasteiger partial charge in [-0.2, -0.15) is 0 Å². The molecule has 0 saturated heterocycles. The first-order valence-corrected chi connectivity index (χ1v) is 11.8. The zero-order valence-electron chi connectivity index (χ0n) is 20.9. The van der Waals surface area contributed by atoms with Gasteiger partial charge in [0.2, 0.25) is 0 Å². The van der Waals surface area contributed by atoms with Crippen molar-refractivity contribution in [3.05, 3.63) is 89.0 Å². The number of hydrogen-bond donors (Lipinski definition) is 1. The van der Waals surface area contributed by atoms with Crippen LogP contribution in [0.3, 0.4) is 0 Å². The molecule has 0 aliphatic rings. The largest absolute Gasteiger partial charge is 0.465 e. The Kier molecular flexibility index (Phi) is 10.8. The number of carbonyl (C=O) groups is 2. The maximum Gasteiger partial charge on any atom is 0.324 e. The molecule has 0 saturated carbocycles. The topological polar surface area (TPSA) is 64.6 Å². The van der Waals surface area contributed by atoms with Gasteiger partial charge in [0.05, 0.1) is 13.2 Å². The van der Waals surface area contributed by atoms with E-state index in [2.05, 4.69) is 56.1 Å². The summed E-state index contributed by atoms with van der Waals surface area (Å²) in [5.74, 6) is -1.16. The van der Waals surface area contributed by atoms with Gasteiger partial charge in [-0.25, -0.2) is 0 Å². The van der Waals surface area contributed by atoms with E-state index in [0.717, 1.165) is 18.7 Å². The van der Waals surface area contributed by atoms with Crippen molar-refractivity contribution in [1.82, 2.24) is 5.32 Å². The molecule has 0 radical (unpaired) electrons. The Morgan fingerprint density at radius 3 is 1.97 bits per heavy atom. The van der Waals surface area contributed by atoms with Gasteiger partial charge in [0.25, 0.3) is 0 Å². The van der Waals surface area contributed by atoms with Crippen LogP contribution in [-0.4, -0.2) is 25.2 Å². The summed E-state index contributed by atoms with van der Waals surface area (Å²) in [7, 11) is 0. The maximum atomic E-state index is 12.7. The van der Waals surface area contributed by atoms with E-state index in [9.17, 15) is 9.59 Å². The number of carbonyl (C=O) groups excluding carboxylic acids is 2. The number of rotatable bonds is 13. The van der Waals surface area contributed by atoms with E-state index in [1.54, 1.807) is 19.9 Å². The molecule has 0 aliphatic heterocycles. The van der Waals surface area contributed by atoms with Crippen LogP contribution in [0, 0.1) is 19.3 Å². The predicted octanol–water partition coefficient (Wildman–Crippen LogP) is 5.69. The molecular formula is C29H37NO4. The second-order valence-corrected chi connectivity index (χ2v) is 8.46. The second-order valence-electron chi connectivity index (χ2n) is 8.46. The Balaban J connectivity index is 2.02. The molecule has 2 aromatic carbocycles. The SMILES string of the molecule is C=CCC(C/C=C/c1ccc(CNCc2cc(C)cc(C)c2)cc1)(C(=O)OCC)C(=O)OCC. The van der Waals surface area contributed by atoms with Gasteiger partial charge in [-0.05, 0) is 57.2 Å². The summed E-state index contributed by atoms with van der Waals surface area (Å²) in [5.41, 5.74) is 4.58. The smallest absolute Gasteiger partial charge is 0.324 e. The highest BCUT2D eigenvalue weighted by atomic mass is 16.6. The van der Waals surface area contributed by atoms with E-state index in [0.29, 0.717) is 0 Å². The summed E-state index contributed by atoms with van der Waals surface area (Å²) >= 11 is 0. The molecule has 5 nitrogen and oxygen atoms in total. The van der Waals surface area contributed by atoms with Crippen LogP contribution in [0.15, 0.2) is 61.2 Å². The van der Waals surface area contributed by atoms with E-state index in [-0.39, 0.29) is 26.1 Å². The van der Waals surface area contributed by atoms with Crippen LogP contribution >= 0.6 is 0 Å². The summed E-state index contributed by atoms with van der Waals surface area (Å²) < 4.78 is 10.4. The van der Waals surface area contributed by atoms with Gasteiger partial charge in [0.1, 0.15) is 0 Å². The van der Waals surface area contributed by atoms with E-state index in [4.69, 9.17) is 9.47 Å². The minimum Gasteiger partial charge on any atom is -0.465 e. The lowest BCUT2D eigenvalue weighted by Gasteiger charge is -2.26. The Bertz CT molecular complexity index is 953. The zero-order valence-corrected chi connectivity index (χ0v) is 20.9. The molecule has 0 aliphatic carbocycles. The van der Waals surface area contributed by atoms with Crippen LogP contribution in [0.25, 0.3) is 6.08 Å². The number of ether oxygens (including phenoxy) is 2. The van der Waals surface area contributed by atoms with Crippen molar-refractivity contribution in [2.45, 2.75) is 53.6 Å². The van der Waals surface area contributed by atoms with Gasteiger partial charge in [-0.1, -0.05) is 71.8 Å². The normalized spacial score (nSPS) is 11.4. The summed E-state index contributed by atoms with van der Waals surface area (Å²) in [5, 5.41) is 3.49. The van der Waals surface area contributed by atoms with Crippen LogP contribution in [0.1, 0.15) is 54.5 Å². The van der Waals surface area contributed by atoms with Crippen LogP contribution in [0.2, 0.25) is 0 Å². The first kappa shape index (κ1) is 27.1. The van der Waals surface area contributed by atoms with Crippen LogP contribution in [-0.2, 0) is 32.2 Å². The Labute approximate surface area is 203 Å². The molecule has 1 N–H and O–H groups in total. The molecule has 2 aromatic rings.